The summed E-state index contributed by atoms with van der Waals surface area (Å²) >= 11 is 0. The van der Waals surface area contributed by atoms with Gasteiger partial charge in [-0.1, -0.05) is 18.6 Å². The Hall–Kier alpha value is -1.50. The van der Waals surface area contributed by atoms with E-state index < -0.39 is 4.92 Å². The molecule has 1 aromatic heterocycles. The molecule has 0 spiro atoms. The second-order valence-corrected chi connectivity index (χ2v) is 3.86. The quantitative estimate of drug-likeness (QED) is 0.550. The van der Waals surface area contributed by atoms with Gasteiger partial charge in [0.15, 0.2) is 6.20 Å². The summed E-state index contributed by atoms with van der Waals surface area (Å²) in [6.45, 7) is 4.84. The Morgan fingerprint density at radius 2 is 2.36 bits per heavy atom. The lowest BCUT2D eigenvalue weighted by molar-refractivity contribution is -0.389. The summed E-state index contributed by atoms with van der Waals surface area (Å²) in [5.41, 5.74) is 5.36. The van der Waals surface area contributed by atoms with Gasteiger partial charge in [-0.25, -0.2) is 0 Å². The highest BCUT2D eigenvalue weighted by molar-refractivity contribution is 5.08. The maximum absolute atomic E-state index is 10.3. The van der Waals surface area contributed by atoms with E-state index in [0.717, 1.165) is 6.20 Å². The van der Waals surface area contributed by atoms with Crippen molar-refractivity contribution in [2.75, 3.05) is 6.54 Å². The molecule has 0 aliphatic rings. The molecule has 0 unspecified atom stereocenters. The molecule has 1 heterocycles. The van der Waals surface area contributed by atoms with Crippen molar-refractivity contribution in [2.45, 2.75) is 20.4 Å². The lowest BCUT2D eigenvalue weighted by Gasteiger charge is -2.18. The first-order chi connectivity index (χ1) is 6.44. The van der Waals surface area contributed by atoms with Gasteiger partial charge in [-0.3, -0.25) is 0 Å². The predicted octanol–water partition coefficient (Wildman–Crippen LogP) is 0.171. The van der Waals surface area contributed by atoms with Crippen molar-refractivity contribution in [3.05, 3.63) is 16.3 Å². The highest BCUT2D eigenvalue weighted by Gasteiger charge is 2.21. The van der Waals surface area contributed by atoms with Crippen LogP contribution >= 0.6 is 0 Å². The number of aromatic nitrogens is 3. The maximum Gasteiger partial charge on any atom is 0.410 e. The van der Waals surface area contributed by atoms with Crippen molar-refractivity contribution in [1.82, 2.24) is 15.0 Å². The number of hydrogen-bond donors (Lipinski definition) is 1. The Bertz CT molecular complexity index is 333. The zero-order valence-electron chi connectivity index (χ0n) is 8.17. The lowest BCUT2D eigenvalue weighted by Crippen LogP contribution is -2.29. The molecule has 0 saturated carbocycles. The average Bonchev–Trinajstić information content (AvgIpc) is 2.52. The van der Waals surface area contributed by atoms with Gasteiger partial charge in [0.25, 0.3) is 0 Å². The molecule has 78 valence electrons. The number of rotatable bonds is 4. The van der Waals surface area contributed by atoms with Crippen LogP contribution in [-0.4, -0.2) is 26.5 Å². The molecule has 2 N–H and O–H groups in total. The summed E-state index contributed by atoms with van der Waals surface area (Å²) < 4.78 is 0. The van der Waals surface area contributed by atoms with E-state index in [0.29, 0.717) is 13.1 Å². The number of hydrogen-bond acceptors (Lipinski definition) is 5. The molecule has 14 heavy (non-hydrogen) atoms. The van der Waals surface area contributed by atoms with Crippen LogP contribution in [0.15, 0.2) is 6.20 Å². The largest absolute Gasteiger partial charge is 0.410 e. The average molecular weight is 199 g/mol. The van der Waals surface area contributed by atoms with E-state index in [1.807, 2.05) is 13.8 Å². The van der Waals surface area contributed by atoms with Gasteiger partial charge in [-0.05, 0) is 11.5 Å². The van der Waals surface area contributed by atoms with Crippen LogP contribution in [0.4, 0.5) is 5.82 Å². The van der Waals surface area contributed by atoms with Crippen LogP contribution in [0.5, 0.6) is 0 Å². The molecule has 1 rings (SSSR count). The van der Waals surface area contributed by atoms with Gasteiger partial charge in [-0.2, -0.15) is 0 Å². The minimum atomic E-state index is -0.570. The van der Waals surface area contributed by atoms with Crippen molar-refractivity contribution in [3.8, 4) is 0 Å². The summed E-state index contributed by atoms with van der Waals surface area (Å²) in [4.78, 5) is 11.0. The third kappa shape index (κ3) is 2.49. The van der Waals surface area contributed by atoms with E-state index >= 15 is 0 Å². The molecular formula is C7H13N5O2. The highest BCUT2D eigenvalue weighted by atomic mass is 16.6. The van der Waals surface area contributed by atoms with Crippen LogP contribution < -0.4 is 5.73 Å². The SMILES string of the molecule is CC(C)(CN)Cn1ncc([N+](=O)[O-])n1. The number of nitrogens with two attached hydrogens (primary N) is 1. The summed E-state index contributed by atoms with van der Waals surface area (Å²) in [6.07, 6.45) is 1.13. The van der Waals surface area contributed by atoms with E-state index in [1.165, 1.54) is 4.80 Å². The normalized spacial score (nSPS) is 11.6. The standard InChI is InChI=1S/C7H13N5O2/c1-7(2,4-8)5-11-9-3-6(10-11)12(13)14/h3H,4-5,8H2,1-2H3. The molecule has 0 aliphatic carbocycles. The molecule has 7 nitrogen and oxygen atoms in total. The number of nitro groups is 1. The van der Waals surface area contributed by atoms with Crippen LogP contribution in [0.3, 0.4) is 0 Å². The molecule has 0 radical (unpaired) electrons. The molecule has 0 bridgehead atoms. The van der Waals surface area contributed by atoms with Crippen molar-refractivity contribution in [2.24, 2.45) is 11.1 Å². The van der Waals surface area contributed by atoms with Gasteiger partial charge in [0.1, 0.15) is 0 Å². The fraction of sp³-hybridized carbons (Fsp3) is 0.714. The van der Waals surface area contributed by atoms with Crippen LogP contribution in [0.25, 0.3) is 0 Å². The third-order valence-corrected chi connectivity index (χ3v) is 1.83. The third-order valence-electron chi connectivity index (χ3n) is 1.83. The Labute approximate surface area is 81.0 Å². The number of nitrogens with zero attached hydrogens (tertiary/aromatic N) is 4. The van der Waals surface area contributed by atoms with Crippen LogP contribution in [0, 0.1) is 15.5 Å². The lowest BCUT2D eigenvalue weighted by atomic mass is 9.94. The molecule has 0 aromatic carbocycles. The fourth-order valence-electron chi connectivity index (χ4n) is 0.895. The first-order valence-corrected chi connectivity index (χ1v) is 4.19. The zero-order valence-corrected chi connectivity index (χ0v) is 8.17. The van der Waals surface area contributed by atoms with Gasteiger partial charge in [-0.15, -0.1) is 5.10 Å². The summed E-state index contributed by atoms with van der Waals surface area (Å²) in [5, 5.41) is 17.8. The second kappa shape index (κ2) is 3.70. The van der Waals surface area contributed by atoms with E-state index in [-0.39, 0.29) is 11.2 Å². The molecule has 0 aliphatic heterocycles. The monoisotopic (exact) mass is 199 g/mol. The summed E-state index contributed by atoms with van der Waals surface area (Å²) in [6, 6.07) is 0. The van der Waals surface area contributed by atoms with E-state index in [4.69, 9.17) is 5.73 Å². The summed E-state index contributed by atoms with van der Waals surface area (Å²) in [5.74, 6) is -0.238. The summed E-state index contributed by atoms with van der Waals surface area (Å²) in [7, 11) is 0. The van der Waals surface area contributed by atoms with Gasteiger partial charge in [0.05, 0.1) is 11.6 Å². The van der Waals surface area contributed by atoms with Crippen LogP contribution in [0.1, 0.15) is 13.8 Å². The second-order valence-electron chi connectivity index (χ2n) is 3.86. The van der Waals surface area contributed by atoms with Gasteiger partial charge in [0, 0.05) is 5.41 Å². The Kier molecular flexibility index (Phi) is 2.80. The predicted molar refractivity (Wildman–Crippen MR) is 49.5 cm³/mol. The molecule has 7 heteroatoms. The Balaban J connectivity index is 2.73. The van der Waals surface area contributed by atoms with Crippen LogP contribution in [-0.2, 0) is 6.54 Å². The van der Waals surface area contributed by atoms with E-state index in [1.54, 1.807) is 0 Å². The molecule has 0 saturated heterocycles. The maximum atomic E-state index is 10.3. The van der Waals surface area contributed by atoms with Crippen molar-refractivity contribution in [1.29, 1.82) is 0 Å². The Morgan fingerprint density at radius 3 is 2.79 bits per heavy atom. The first kappa shape index (κ1) is 10.6. The first-order valence-electron chi connectivity index (χ1n) is 4.19. The van der Waals surface area contributed by atoms with Gasteiger partial charge < -0.3 is 15.8 Å². The topological polar surface area (TPSA) is 99.9 Å². The van der Waals surface area contributed by atoms with Gasteiger partial charge >= 0.3 is 5.82 Å². The van der Waals surface area contributed by atoms with Gasteiger partial charge in [0.2, 0.25) is 0 Å². The minimum Gasteiger partial charge on any atom is -0.358 e. The van der Waals surface area contributed by atoms with Crippen LogP contribution in [0.2, 0.25) is 0 Å². The van der Waals surface area contributed by atoms with Crippen molar-refractivity contribution >= 4 is 5.82 Å². The molecule has 1 aromatic rings. The Morgan fingerprint density at radius 1 is 1.71 bits per heavy atom. The van der Waals surface area contributed by atoms with Crippen molar-refractivity contribution in [3.63, 3.8) is 0 Å². The van der Waals surface area contributed by atoms with E-state index in [2.05, 4.69) is 10.2 Å². The molecular weight excluding hydrogens is 186 g/mol. The fourth-order valence-corrected chi connectivity index (χ4v) is 0.895. The minimum absolute atomic E-state index is 0.160. The smallest absolute Gasteiger partial charge is 0.358 e. The van der Waals surface area contributed by atoms with E-state index in [9.17, 15) is 10.1 Å². The van der Waals surface area contributed by atoms with Crippen molar-refractivity contribution < 1.29 is 4.92 Å². The molecule has 0 amide bonds. The highest BCUT2D eigenvalue weighted by Crippen LogP contribution is 2.15. The molecule has 0 atom stereocenters. The zero-order chi connectivity index (χ0) is 10.8. The molecule has 0 fully saturated rings.